The first-order valence-corrected chi connectivity index (χ1v) is 9.80. The number of rotatable bonds is 5. The van der Waals surface area contributed by atoms with Crippen LogP contribution >= 0.6 is 11.8 Å². The zero-order valence-corrected chi connectivity index (χ0v) is 15.4. The Bertz CT molecular complexity index is 634. The molecule has 5 heteroatoms. The molecular formula is C19H26N2O2S. The van der Waals surface area contributed by atoms with Gasteiger partial charge in [0, 0.05) is 31.1 Å². The van der Waals surface area contributed by atoms with Gasteiger partial charge in [0.15, 0.2) is 0 Å². The summed E-state index contributed by atoms with van der Waals surface area (Å²) in [4.78, 5) is 30.3. The predicted molar refractivity (Wildman–Crippen MR) is 97.0 cm³/mol. The number of benzene rings is 1. The van der Waals surface area contributed by atoms with Gasteiger partial charge in [-0.3, -0.25) is 9.59 Å². The minimum absolute atomic E-state index is 0.155. The van der Waals surface area contributed by atoms with Crippen LogP contribution in [0.4, 0.5) is 0 Å². The van der Waals surface area contributed by atoms with Gasteiger partial charge >= 0.3 is 0 Å². The summed E-state index contributed by atoms with van der Waals surface area (Å²) in [6.07, 6.45) is 2.73. The zero-order chi connectivity index (χ0) is 17.2. The van der Waals surface area contributed by atoms with Crippen molar-refractivity contribution in [3.05, 3.63) is 29.8 Å². The van der Waals surface area contributed by atoms with Crippen molar-refractivity contribution >= 4 is 23.6 Å². The van der Waals surface area contributed by atoms with E-state index in [1.807, 2.05) is 21.9 Å². The number of nitrogens with zero attached hydrogens (tertiary/aromatic N) is 2. The SMILES string of the molecule is CCCN1CCC2(CCN(C(=O)CSc3ccccc3C)C2)C1=O. The molecule has 2 saturated heterocycles. The van der Waals surface area contributed by atoms with Gasteiger partial charge in [-0.25, -0.2) is 0 Å². The minimum Gasteiger partial charge on any atom is -0.342 e. The molecule has 1 unspecified atom stereocenters. The van der Waals surface area contributed by atoms with E-state index in [1.165, 1.54) is 5.56 Å². The first kappa shape index (κ1) is 17.3. The quantitative estimate of drug-likeness (QED) is 0.770. The Labute approximate surface area is 148 Å². The van der Waals surface area contributed by atoms with Crippen LogP contribution < -0.4 is 0 Å². The Morgan fingerprint density at radius 2 is 2.00 bits per heavy atom. The van der Waals surface area contributed by atoms with Crippen molar-refractivity contribution in [1.82, 2.24) is 9.80 Å². The third-order valence-corrected chi connectivity index (χ3v) is 6.41. The molecule has 1 spiro atoms. The second-order valence-corrected chi connectivity index (χ2v) is 7.96. The van der Waals surface area contributed by atoms with Gasteiger partial charge in [0.1, 0.15) is 0 Å². The van der Waals surface area contributed by atoms with Gasteiger partial charge in [-0.05, 0) is 37.8 Å². The highest BCUT2D eigenvalue weighted by atomic mass is 32.2. The van der Waals surface area contributed by atoms with Crippen LogP contribution in [0.25, 0.3) is 0 Å². The minimum atomic E-state index is -0.293. The van der Waals surface area contributed by atoms with Crippen LogP contribution in [0.3, 0.4) is 0 Å². The maximum absolute atomic E-state index is 12.7. The van der Waals surface area contributed by atoms with Crippen molar-refractivity contribution in [1.29, 1.82) is 0 Å². The first-order valence-electron chi connectivity index (χ1n) is 8.81. The van der Waals surface area contributed by atoms with Gasteiger partial charge in [-0.15, -0.1) is 11.8 Å². The van der Waals surface area contributed by atoms with Gasteiger partial charge in [0.2, 0.25) is 11.8 Å². The average Bonchev–Trinajstić information content (AvgIpc) is 3.14. The Hall–Kier alpha value is -1.49. The van der Waals surface area contributed by atoms with Crippen LogP contribution in [-0.2, 0) is 9.59 Å². The molecule has 2 heterocycles. The maximum atomic E-state index is 12.7. The Balaban J connectivity index is 1.57. The summed E-state index contributed by atoms with van der Waals surface area (Å²) >= 11 is 1.60. The van der Waals surface area contributed by atoms with E-state index in [9.17, 15) is 9.59 Å². The van der Waals surface area contributed by atoms with Crippen LogP contribution in [0.15, 0.2) is 29.2 Å². The van der Waals surface area contributed by atoms with Crippen molar-refractivity contribution in [2.75, 3.05) is 31.9 Å². The summed E-state index contributed by atoms with van der Waals surface area (Å²) in [5, 5.41) is 0. The summed E-state index contributed by atoms with van der Waals surface area (Å²) < 4.78 is 0. The van der Waals surface area contributed by atoms with Crippen LogP contribution in [-0.4, -0.2) is 53.5 Å². The number of likely N-dealkylation sites (tertiary alicyclic amines) is 2. The fourth-order valence-corrected chi connectivity index (χ4v) is 4.72. The molecule has 130 valence electrons. The van der Waals surface area contributed by atoms with Crippen LogP contribution in [0.1, 0.15) is 31.7 Å². The highest BCUT2D eigenvalue weighted by Crippen LogP contribution is 2.41. The Morgan fingerprint density at radius 1 is 1.25 bits per heavy atom. The number of aryl methyl sites for hydroxylation is 1. The molecule has 4 nitrogen and oxygen atoms in total. The molecule has 0 aliphatic carbocycles. The zero-order valence-electron chi connectivity index (χ0n) is 14.6. The van der Waals surface area contributed by atoms with E-state index < -0.39 is 0 Å². The van der Waals surface area contributed by atoms with Crippen molar-refractivity contribution in [3.63, 3.8) is 0 Å². The van der Waals surface area contributed by atoms with Gasteiger partial charge in [-0.2, -0.15) is 0 Å². The van der Waals surface area contributed by atoms with Gasteiger partial charge in [-0.1, -0.05) is 25.1 Å². The third-order valence-electron chi connectivity index (χ3n) is 5.25. The van der Waals surface area contributed by atoms with E-state index in [4.69, 9.17) is 0 Å². The second kappa shape index (κ2) is 7.18. The lowest BCUT2D eigenvalue weighted by Gasteiger charge is -2.23. The van der Waals surface area contributed by atoms with E-state index in [1.54, 1.807) is 11.8 Å². The average molecular weight is 346 g/mol. The molecule has 24 heavy (non-hydrogen) atoms. The number of carbonyl (C=O) groups excluding carboxylic acids is 2. The summed E-state index contributed by atoms with van der Waals surface area (Å²) in [6, 6.07) is 8.14. The molecule has 2 aliphatic heterocycles. The predicted octanol–water partition coefficient (Wildman–Crippen LogP) is 2.95. The molecule has 2 aliphatic rings. The molecule has 3 rings (SSSR count). The smallest absolute Gasteiger partial charge is 0.232 e. The van der Waals surface area contributed by atoms with E-state index >= 15 is 0 Å². The first-order chi connectivity index (χ1) is 11.6. The van der Waals surface area contributed by atoms with Crippen molar-refractivity contribution in [3.8, 4) is 0 Å². The van der Waals surface area contributed by atoms with Crippen molar-refractivity contribution in [2.45, 2.75) is 38.0 Å². The van der Waals surface area contributed by atoms with Gasteiger partial charge < -0.3 is 9.80 Å². The summed E-state index contributed by atoms with van der Waals surface area (Å²) in [6.45, 7) is 7.20. The molecule has 1 atom stereocenters. The summed E-state index contributed by atoms with van der Waals surface area (Å²) in [5.74, 6) is 0.876. The highest BCUT2D eigenvalue weighted by Gasteiger charge is 2.51. The maximum Gasteiger partial charge on any atom is 0.232 e. The van der Waals surface area contributed by atoms with Gasteiger partial charge in [0.25, 0.3) is 0 Å². The summed E-state index contributed by atoms with van der Waals surface area (Å²) in [5.41, 5.74) is 0.910. The van der Waals surface area contributed by atoms with Crippen LogP contribution in [0.5, 0.6) is 0 Å². The number of thioether (sulfide) groups is 1. The lowest BCUT2D eigenvalue weighted by molar-refractivity contribution is -0.136. The molecule has 0 radical (unpaired) electrons. The van der Waals surface area contributed by atoms with E-state index in [2.05, 4.69) is 26.0 Å². The standard InChI is InChI=1S/C19H26N2O2S/c1-3-10-20-11-8-19(18(20)23)9-12-21(14-19)17(22)13-24-16-7-5-4-6-15(16)2/h4-7H,3,8-14H2,1-2H3. The topological polar surface area (TPSA) is 40.6 Å². The largest absolute Gasteiger partial charge is 0.342 e. The molecule has 0 N–H and O–H groups in total. The molecule has 1 aromatic rings. The van der Waals surface area contributed by atoms with Crippen molar-refractivity contribution in [2.24, 2.45) is 5.41 Å². The van der Waals surface area contributed by atoms with Gasteiger partial charge in [0.05, 0.1) is 11.2 Å². The number of carbonyl (C=O) groups is 2. The second-order valence-electron chi connectivity index (χ2n) is 6.94. The van der Waals surface area contributed by atoms with E-state index in [0.29, 0.717) is 12.3 Å². The Kier molecular flexibility index (Phi) is 5.18. The molecule has 0 bridgehead atoms. The number of hydrogen-bond acceptors (Lipinski definition) is 3. The van der Waals surface area contributed by atoms with E-state index in [-0.39, 0.29) is 17.2 Å². The number of hydrogen-bond donors (Lipinski definition) is 0. The molecular weight excluding hydrogens is 320 g/mol. The molecule has 0 saturated carbocycles. The fraction of sp³-hybridized carbons (Fsp3) is 0.579. The molecule has 2 amide bonds. The molecule has 0 aromatic heterocycles. The van der Waals surface area contributed by atoms with Crippen molar-refractivity contribution < 1.29 is 9.59 Å². The number of amides is 2. The normalized spacial score (nSPS) is 23.5. The third kappa shape index (κ3) is 3.32. The summed E-state index contributed by atoms with van der Waals surface area (Å²) in [7, 11) is 0. The van der Waals surface area contributed by atoms with Crippen LogP contribution in [0.2, 0.25) is 0 Å². The lowest BCUT2D eigenvalue weighted by Crippen LogP contribution is -2.39. The van der Waals surface area contributed by atoms with E-state index in [0.717, 1.165) is 43.8 Å². The highest BCUT2D eigenvalue weighted by molar-refractivity contribution is 8.00. The Morgan fingerprint density at radius 3 is 2.75 bits per heavy atom. The fourth-order valence-electron chi connectivity index (χ4n) is 3.79. The monoisotopic (exact) mass is 346 g/mol. The van der Waals surface area contributed by atoms with Crippen LogP contribution in [0, 0.1) is 12.3 Å². The lowest BCUT2D eigenvalue weighted by atomic mass is 9.85. The molecule has 2 fully saturated rings. The molecule has 1 aromatic carbocycles.